The van der Waals surface area contributed by atoms with Crippen molar-refractivity contribution >= 4 is 16.1 Å². The van der Waals surface area contributed by atoms with Crippen LogP contribution in [0.15, 0.2) is 47.4 Å². The number of benzene rings is 2. The summed E-state index contributed by atoms with van der Waals surface area (Å²) in [7, 11) is -2.67. The Balaban J connectivity index is 2.35. The predicted molar refractivity (Wildman–Crippen MR) is 87.9 cm³/mol. The molecule has 8 heteroatoms. The Morgan fingerprint density at radius 2 is 1.80 bits per heavy atom. The molecular weight excluding hydrogens is 346 g/mol. The fourth-order valence-electron chi connectivity index (χ4n) is 1.96. The molecule has 0 saturated heterocycles. The van der Waals surface area contributed by atoms with Crippen LogP contribution in [0.2, 0.25) is 0 Å². The highest BCUT2D eigenvalue weighted by atomic mass is 32.2. The molecule has 0 aliphatic carbocycles. The van der Waals surface area contributed by atoms with E-state index in [-0.39, 0.29) is 28.4 Å². The van der Waals surface area contributed by atoms with E-state index in [2.05, 4.69) is 0 Å². The van der Waals surface area contributed by atoms with Gasteiger partial charge in [-0.15, -0.1) is 0 Å². The van der Waals surface area contributed by atoms with Crippen molar-refractivity contribution in [1.29, 1.82) is 5.26 Å². The summed E-state index contributed by atoms with van der Waals surface area (Å²) in [5.41, 5.74) is 0.103. The molecule has 0 unspecified atom stereocenters. The first kappa shape index (κ1) is 18.3. The number of nitrogens with zero attached hydrogens (tertiary/aromatic N) is 1. The zero-order valence-corrected chi connectivity index (χ0v) is 14.4. The lowest BCUT2D eigenvalue weighted by molar-refractivity contribution is 0.0526. The van der Waals surface area contributed by atoms with E-state index >= 15 is 0 Å². The Kier molecular flexibility index (Phi) is 5.62. The van der Waals surface area contributed by atoms with Crippen LogP contribution in [-0.2, 0) is 14.9 Å². The molecule has 0 aliphatic heterocycles. The summed E-state index contributed by atoms with van der Waals surface area (Å²) in [4.78, 5) is 11.7. The van der Waals surface area contributed by atoms with Crippen LogP contribution in [0.5, 0.6) is 11.5 Å². The number of methoxy groups -OCH3 is 1. The Morgan fingerprint density at radius 3 is 2.36 bits per heavy atom. The van der Waals surface area contributed by atoms with Crippen LogP contribution >= 0.6 is 0 Å². The molecule has 2 aromatic carbocycles. The first-order valence-corrected chi connectivity index (χ1v) is 8.61. The van der Waals surface area contributed by atoms with Crippen molar-refractivity contribution in [1.82, 2.24) is 0 Å². The fourth-order valence-corrected chi connectivity index (χ4v) is 2.88. The summed E-state index contributed by atoms with van der Waals surface area (Å²) < 4.78 is 39.6. The zero-order valence-electron chi connectivity index (χ0n) is 13.6. The van der Waals surface area contributed by atoms with Gasteiger partial charge in [-0.3, -0.25) is 0 Å². The molecule has 2 rings (SSSR count). The number of rotatable bonds is 6. The maximum Gasteiger partial charge on any atom is 0.339 e. The van der Waals surface area contributed by atoms with Crippen molar-refractivity contribution < 1.29 is 26.9 Å². The molecule has 130 valence electrons. The lowest BCUT2D eigenvalue weighted by Crippen LogP contribution is -2.11. The van der Waals surface area contributed by atoms with Crippen LogP contribution < -0.4 is 8.92 Å². The second-order valence-corrected chi connectivity index (χ2v) is 6.34. The number of esters is 1. The first-order valence-electron chi connectivity index (χ1n) is 7.20. The number of ether oxygens (including phenoxy) is 2. The summed E-state index contributed by atoms with van der Waals surface area (Å²) in [6.45, 7) is 1.79. The van der Waals surface area contributed by atoms with Gasteiger partial charge in [0.05, 0.1) is 30.9 Å². The molecule has 0 radical (unpaired) electrons. The molecule has 0 aliphatic rings. The van der Waals surface area contributed by atoms with Crippen LogP contribution in [0.1, 0.15) is 22.8 Å². The van der Waals surface area contributed by atoms with E-state index in [0.717, 1.165) is 0 Å². The SMILES string of the molecule is CCOC(=O)c1cc(C#N)cc(OS(=O)(=O)c2ccc(OC)cc2)c1. The third kappa shape index (κ3) is 4.49. The van der Waals surface area contributed by atoms with Crippen LogP contribution in [0.4, 0.5) is 0 Å². The van der Waals surface area contributed by atoms with Gasteiger partial charge in [0.2, 0.25) is 0 Å². The van der Waals surface area contributed by atoms with Crippen LogP contribution in [0.3, 0.4) is 0 Å². The monoisotopic (exact) mass is 361 g/mol. The van der Waals surface area contributed by atoms with Gasteiger partial charge in [0.25, 0.3) is 0 Å². The quantitative estimate of drug-likeness (QED) is 0.575. The first-order chi connectivity index (χ1) is 11.9. The molecule has 0 atom stereocenters. The van der Waals surface area contributed by atoms with Crippen molar-refractivity contribution in [3.8, 4) is 17.6 Å². The minimum atomic E-state index is -4.14. The van der Waals surface area contributed by atoms with Crippen LogP contribution in [0.25, 0.3) is 0 Å². The highest BCUT2D eigenvalue weighted by Crippen LogP contribution is 2.23. The van der Waals surface area contributed by atoms with Crippen molar-refractivity contribution in [2.75, 3.05) is 13.7 Å². The average Bonchev–Trinajstić information content (AvgIpc) is 2.61. The van der Waals surface area contributed by atoms with E-state index in [0.29, 0.717) is 5.75 Å². The van der Waals surface area contributed by atoms with Gasteiger partial charge >= 0.3 is 16.1 Å². The van der Waals surface area contributed by atoms with Gasteiger partial charge in [-0.2, -0.15) is 13.7 Å². The van der Waals surface area contributed by atoms with E-state index < -0.39 is 16.1 Å². The van der Waals surface area contributed by atoms with Gasteiger partial charge in [0.15, 0.2) is 0 Å². The molecule has 0 aromatic heterocycles. The standard InChI is InChI=1S/C17H15NO6S/c1-3-23-17(19)13-8-12(11-18)9-15(10-13)24-25(20,21)16-6-4-14(22-2)5-7-16/h4-10H,3H2,1-2H3. The molecule has 0 bridgehead atoms. The normalized spacial score (nSPS) is 10.6. The Hall–Kier alpha value is -3.05. The van der Waals surface area contributed by atoms with E-state index in [4.69, 9.17) is 18.9 Å². The largest absolute Gasteiger partial charge is 0.497 e. The Bertz CT molecular complexity index is 913. The van der Waals surface area contributed by atoms with Gasteiger partial charge in [-0.1, -0.05) is 0 Å². The number of hydrogen-bond acceptors (Lipinski definition) is 7. The molecule has 0 heterocycles. The van der Waals surface area contributed by atoms with Gasteiger partial charge in [0, 0.05) is 0 Å². The molecule has 0 spiro atoms. The molecular formula is C17H15NO6S. The van der Waals surface area contributed by atoms with Crippen LogP contribution in [0, 0.1) is 11.3 Å². The third-order valence-electron chi connectivity index (χ3n) is 3.10. The van der Waals surface area contributed by atoms with Gasteiger partial charge in [-0.05, 0) is 49.4 Å². The minimum Gasteiger partial charge on any atom is -0.497 e. The third-order valence-corrected chi connectivity index (χ3v) is 4.36. The second kappa shape index (κ2) is 7.68. The summed E-state index contributed by atoms with van der Waals surface area (Å²) in [6.07, 6.45) is 0. The lowest BCUT2D eigenvalue weighted by Gasteiger charge is -2.09. The van der Waals surface area contributed by atoms with E-state index in [1.54, 1.807) is 6.92 Å². The fraction of sp³-hybridized carbons (Fsp3) is 0.176. The van der Waals surface area contributed by atoms with Crippen molar-refractivity contribution in [3.05, 3.63) is 53.6 Å². The molecule has 0 N–H and O–H groups in total. The molecule has 0 saturated carbocycles. The minimum absolute atomic E-state index is 0.0285. The van der Waals surface area contributed by atoms with E-state index in [1.165, 1.54) is 49.6 Å². The number of carbonyl (C=O) groups excluding carboxylic acids is 1. The van der Waals surface area contributed by atoms with Gasteiger partial charge in [0.1, 0.15) is 16.4 Å². The van der Waals surface area contributed by atoms with Crippen molar-refractivity contribution in [2.24, 2.45) is 0 Å². The topological polar surface area (TPSA) is 103 Å². The van der Waals surface area contributed by atoms with Crippen LogP contribution in [-0.4, -0.2) is 28.1 Å². The highest BCUT2D eigenvalue weighted by Gasteiger charge is 2.19. The molecule has 0 amide bonds. The Labute approximate surface area is 145 Å². The second-order valence-electron chi connectivity index (χ2n) is 4.79. The predicted octanol–water partition coefficient (Wildman–Crippen LogP) is 2.51. The number of nitriles is 1. The average molecular weight is 361 g/mol. The Morgan fingerprint density at radius 1 is 1.12 bits per heavy atom. The summed E-state index contributed by atoms with van der Waals surface area (Å²) in [6, 6.07) is 11.2. The van der Waals surface area contributed by atoms with E-state index in [9.17, 15) is 13.2 Å². The van der Waals surface area contributed by atoms with Crippen molar-refractivity contribution in [2.45, 2.75) is 11.8 Å². The summed E-state index contributed by atoms with van der Waals surface area (Å²) in [5.74, 6) is -0.334. The van der Waals surface area contributed by atoms with E-state index in [1.807, 2.05) is 6.07 Å². The summed E-state index contributed by atoms with van der Waals surface area (Å²) >= 11 is 0. The molecule has 2 aromatic rings. The van der Waals surface area contributed by atoms with Crippen molar-refractivity contribution in [3.63, 3.8) is 0 Å². The van der Waals surface area contributed by atoms with Gasteiger partial charge in [-0.25, -0.2) is 4.79 Å². The van der Waals surface area contributed by atoms with Gasteiger partial charge < -0.3 is 13.7 Å². The summed E-state index contributed by atoms with van der Waals surface area (Å²) in [5, 5.41) is 9.05. The molecule has 25 heavy (non-hydrogen) atoms. The smallest absolute Gasteiger partial charge is 0.339 e. The highest BCUT2D eigenvalue weighted by molar-refractivity contribution is 7.87. The number of carbonyl (C=O) groups is 1. The lowest BCUT2D eigenvalue weighted by atomic mass is 10.1. The molecule has 0 fully saturated rings. The maximum absolute atomic E-state index is 12.3. The number of hydrogen-bond donors (Lipinski definition) is 0. The molecule has 7 nitrogen and oxygen atoms in total. The maximum atomic E-state index is 12.3. The zero-order chi connectivity index (χ0) is 18.4.